The fraction of sp³-hybridized carbons (Fsp3) is 0.500. The van der Waals surface area contributed by atoms with Crippen molar-refractivity contribution in [2.24, 2.45) is 5.73 Å². The highest BCUT2D eigenvalue weighted by atomic mass is 19.1. The van der Waals surface area contributed by atoms with Crippen molar-refractivity contribution in [3.8, 4) is 0 Å². The second kappa shape index (κ2) is 6.25. The van der Waals surface area contributed by atoms with E-state index in [9.17, 15) is 14.0 Å². The summed E-state index contributed by atoms with van der Waals surface area (Å²) in [5.74, 6) is -0.412. The van der Waals surface area contributed by atoms with Gasteiger partial charge in [0.2, 0.25) is 0 Å². The lowest BCUT2D eigenvalue weighted by Gasteiger charge is -2.37. The average molecular weight is 320 g/mol. The number of hydrogen-bond acceptors (Lipinski definition) is 4. The third-order valence-electron chi connectivity index (χ3n) is 4.60. The first kappa shape index (κ1) is 15.9. The minimum absolute atomic E-state index is 0.168. The Morgan fingerprint density at radius 2 is 2.00 bits per heavy atom. The number of hydrogen-bond donors (Lipinski definition) is 2. The van der Waals surface area contributed by atoms with Crippen molar-refractivity contribution in [1.29, 1.82) is 0 Å². The second-order valence-corrected chi connectivity index (χ2v) is 6.16. The number of nitrogens with two attached hydrogens (primary N) is 1. The molecule has 2 aliphatic rings. The van der Waals surface area contributed by atoms with E-state index >= 15 is 0 Å². The lowest BCUT2D eigenvalue weighted by atomic mass is 9.87. The van der Waals surface area contributed by atoms with Crippen LogP contribution in [-0.4, -0.2) is 53.5 Å². The maximum atomic E-state index is 13.2. The molecular weight excluding hydrogens is 299 g/mol. The predicted molar refractivity (Wildman–Crippen MR) is 82.9 cm³/mol. The molecule has 3 N–H and O–H groups in total. The number of halogens is 1. The summed E-state index contributed by atoms with van der Waals surface area (Å²) in [7, 11) is 0. The van der Waals surface area contributed by atoms with Crippen molar-refractivity contribution in [2.45, 2.75) is 24.9 Å². The smallest absolute Gasteiger partial charge is 0.325 e. The zero-order valence-corrected chi connectivity index (χ0v) is 12.9. The van der Waals surface area contributed by atoms with Crippen molar-refractivity contribution in [3.63, 3.8) is 0 Å². The van der Waals surface area contributed by atoms with Crippen LogP contribution in [0.5, 0.6) is 0 Å². The molecule has 2 heterocycles. The summed E-state index contributed by atoms with van der Waals surface area (Å²) in [6, 6.07) is 6.18. The van der Waals surface area contributed by atoms with Crippen molar-refractivity contribution in [1.82, 2.24) is 15.1 Å². The number of nitrogens with zero attached hydrogens (tertiary/aromatic N) is 2. The zero-order chi connectivity index (χ0) is 16.4. The molecule has 2 saturated heterocycles. The fourth-order valence-electron chi connectivity index (χ4n) is 3.33. The number of rotatable bonds is 4. The first-order valence-electron chi connectivity index (χ1n) is 7.85. The third kappa shape index (κ3) is 3.07. The molecule has 3 amide bonds. The highest BCUT2D eigenvalue weighted by molar-refractivity contribution is 6.07. The molecule has 2 aliphatic heterocycles. The molecule has 0 unspecified atom stereocenters. The Balaban J connectivity index is 1.62. The highest BCUT2D eigenvalue weighted by Gasteiger charge is 2.51. The van der Waals surface area contributed by atoms with Crippen LogP contribution >= 0.6 is 0 Å². The number of piperidine rings is 1. The molecule has 1 aromatic carbocycles. The van der Waals surface area contributed by atoms with Crippen LogP contribution in [0.25, 0.3) is 0 Å². The number of likely N-dealkylation sites (tertiary alicyclic amines) is 1. The van der Waals surface area contributed by atoms with Crippen LogP contribution < -0.4 is 11.1 Å². The number of amides is 3. The van der Waals surface area contributed by atoms with Gasteiger partial charge in [-0.2, -0.15) is 0 Å². The van der Waals surface area contributed by atoms with E-state index in [1.54, 1.807) is 6.07 Å². The predicted octanol–water partition coefficient (Wildman–Crippen LogP) is 0.671. The number of carbonyl (C=O) groups is 2. The molecule has 3 rings (SSSR count). The van der Waals surface area contributed by atoms with Crippen molar-refractivity contribution < 1.29 is 14.0 Å². The van der Waals surface area contributed by atoms with Crippen LogP contribution in [-0.2, 0) is 11.3 Å². The minimum Gasteiger partial charge on any atom is -0.329 e. The monoisotopic (exact) mass is 320 g/mol. The normalized spacial score (nSPS) is 21.0. The van der Waals surface area contributed by atoms with Gasteiger partial charge in [0.15, 0.2) is 0 Å². The molecule has 0 bridgehead atoms. The van der Waals surface area contributed by atoms with Gasteiger partial charge in [-0.15, -0.1) is 0 Å². The van der Waals surface area contributed by atoms with Crippen molar-refractivity contribution in [2.75, 3.05) is 26.2 Å². The Hall–Kier alpha value is -1.99. The van der Waals surface area contributed by atoms with E-state index in [2.05, 4.69) is 10.2 Å². The van der Waals surface area contributed by atoms with E-state index in [4.69, 9.17) is 5.73 Å². The molecular formula is C16H21FN4O2. The third-order valence-corrected chi connectivity index (χ3v) is 4.60. The first-order chi connectivity index (χ1) is 11.0. The van der Waals surface area contributed by atoms with Gasteiger partial charge in [0.05, 0.1) is 0 Å². The fourth-order valence-corrected chi connectivity index (χ4v) is 3.33. The summed E-state index contributed by atoms with van der Waals surface area (Å²) < 4.78 is 13.2. The lowest BCUT2D eigenvalue weighted by molar-refractivity contribution is -0.132. The van der Waals surface area contributed by atoms with Gasteiger partial charge >= 0.3 is 6.03 Å². The SMILES string of the molecule is NCCN1C(=O)NC2(CCN(Cc3cccc(F)c3)CC2)C1=O. The largest absolute Gasteiger partial charge is 0.329 e. The maximum absolute atomic E-state index is 13.2. The van der Waals surface area contributed by atoms with Crippen LogP contribution in [0.3, 0.4) is 0 Å². The number of benzene rings is 1. The average Bonchev–Trinajstić information content (AvgIpc) is 2.75. The van der Waals surface area contributed by atoms with E-state index in [1.165, 1.54) is 17.0 Å². The topological polar surface area (TPSA) is 78.7 Å². The molecule has 2 fully saturated rings. The van der Waals surface area contributed by atoms with Crippen LogP contribution in [0.2, 0.25) is 0 Å². The Morgan fingerprint density at radius 3 is 2.65 bits per heavy atom. The number of nitrogens with one attached hydrogen (secondary N) is 1. The Morgan fingerprint density at radius 1 is 1.26 bits per heavy atom. The van der Waals surface area contributed by atoms with Crippen LogP contribution in [0.4, 0.5) is 9.18 Å². The van der Waals surface area contributed by atoms with Crippen LogP contribution in [0, 0.1) is 5.82 Å². The number of urea groups is 1. The molecule has 0 aromatic heterocycles. The number of carbonyl (C=O) groups excluding carboxylic acids is 2. The number of imide groups is 1. The minimum atomic E-state index is -0.787. The van der Waals surface area contributed by atoms with Gasteiger partial charge in [-0.3, -0.25) is 14.6 Å². The van der Waals surface area contributed by atoms with Gasteiger partial charge in [-0.1, -0.05) is 12.1 Å². The van der Waals surface area contributed by atoms with E-state index in [-0.39, 0.29) is 30.8 Å². The molecule has 1 aromatic rings. The highest BCUT2D eigenvalue weighted by Crippen LogP contribution is 2.29. The molecule has 0 atom stereocenters. The molecule has 6 nitrogen and oxygen atoms in total. The van der Waals surface area contributed by atoms with E-state index < -0.39 is 5.54 Å². The zero-order valence-electron chi connectivity index (χ0n) is 12.9. The first-order valence-corrected chi connectivity index (χ1v) is 7.85. The summed E-state index contributed by atoms with van der Waals surface area (Å²) in [6.45, 7) is 2.51. The molecule has 0 radical (unpaired) electrons. The van der Waals surface area contributed by atoms with Crippen LogP contribution in [0.1, 0.15) is 18.4 Å². The Bertz CT molecular complexity index is 614. The molecule has 23 heavy (non-hydrogen) atoms. The van der Waals surface area contributed by atoms with Gasteiger partial charge in [0.1, 0.15) is 11.4 Å². The second-order valence-electron chi connectivity index (χ2n) is 6.16. The van der Waals surface area contributed by atoms with Gasteiger partial charge in [0.25, 0.3) is 5.91 Å². The molecule has 1 spiro atoms. The van der Waals surface area contributed by atoms with Gasteiger partial charge in [0, 0.05) is 32.7 Å². The maximum Gasteiger partial charge on any atom is 0.325 e. The summed E-state index contributed by atoms with van der Waals surface area (Å²) in [5.41, 5.74) is 5.58. The van der Waals surface area contributed by atoms with Gasteiger partial charge < -0.3 is 11.1 Å². The summed E-state index contributed by atoms with van der Waals surface area (Å²) in [5, 5.41) is 2.84. The molecule has 124 valence electrons. The van der Waals surface area contributed by atoms with Crippen molar-refractivity contribution in [3.05, 3.63) is 35.6 Å². The summed E-state index contributed by atoms with van der Waals surface area (Å²) >= 11 is 0. The summed E-state index contributed by atoms with van der Waals surface area (Å²) in [6.07, 6.45) is 1.13. The van der Waals surface area contributed by atoms with Crippen molar-refractivity contribution >= 4 is 11.9 Å². The molecule has 7 heteroatoms. The van der Waals surface area contributed by atoms with E-state index in [0.717, 1.165) is 5.56 Å². The Kier molecular flexibility index (Phi) is 4.32. The van der Waals surface area contributed by atoms with Gasteiger partial charge in [-0.05, 0) is 30.5 Å². The standard InChI is InChI=1S/C16H21FN4O2/c17-13-3-1-2-12(10-13)11-20-7-4-16(5-8-20)14(22)21(9-6-18)15(23)19-16/h1-3,10H,4-9,11,18H2,(H,19,23). The van der Waals surface area contributed by atoms with Gasteiger partial charge in [-0.25, -0.2) is 9.18 Å². The molecule has 0 aliphatic carbocycles. The summed E-state index contributed by atoms with van der Waals surface area (Å²) in [4.78, 5) is 27.8. The molecule has 0 saturated carbocycles. The van der Waals surface area contributed by atoms with E-state index in [0.29, 0.717) is 32.5 Å². The quantitative estimate of drug-likeness (QED) is 0.799. The lowest BCUT2D eigenvalue weighted by Crippen LogP contribution is -2.54. The van der Waals surface area contributed by atoms with Crippen LogP contribution in [0.15, 0.2) is 24.3 Å². The Labute approximate surface area is 134 Å². The van der Waals surface area contributed by atoms with E-state index in [1.807, 2.05) is 6.07 Å².